The Morgan fingerprint density at radius 1 is 0.971 bits per heavy atom. The third-order valence-electron chi connectivity index (χ3n) is 5.39. The zero-order chi connectivity index (χ0) is 25.2. The fourth-order valence-corrected chi connectivity index (χ4v) is 4.45. The van der Waals surface area contributed by atoms with Gasteiger partial charge in [0.05, 0.1) is 4.92 Å². The lowest BCUT2D eigenvalue weighted by molar-refractivity contribution is -0.384. The van der Waals surface area contributed by atoms with Crippen LogP contribution in [0.1, 0.15) is 11.5 Å². The normalized spacial score (nSPS) is 20.9. The smallest absolute Gasteiger partial charge is 0.269 e. The molecule has 3 rings (SSSR count). The number of rotatable bonds is 8. The quantitative estimate of drug-likeness (QED) is 0.175. The molecule has 2 atom stereocenters. The SMILES string of the molecule is C=CCN1C(=O)[C@@H](C(c2cccc([N+](=O)[O-])c2)[C@H]2C(=O)NC(=S)N(CC=C)C2=O)C(=O)NC1=S. The van der Waals surface area contributed by atoms with Gasteiger partial charge in [-0.1, -0.05) is 24.3 Å². The first kappa shape index (κ1) is 24.8. The van der Waals surface area contributed by atoms with Crippen molar-refractivity contribution in [2.45, 2.75) is 5.92 Å². The van der Waals surface area contributed by atoms with Gasteiger partial charge in [0.15, 0.2) is 10.2 Å². The highest BCUT2D eigenvalue weighted by Gasteiger charge is 2.53. The highest BCUT2D eigenvalue weighted by atomic mass is 32.1. The molecule has 11 nitrogen and oxygen atoms in total. The summed E-state index contributed by atoms with van der Waals surface area (Å²) in [5, 5.41) is 15.9. The van der Waals surface area contributed by atoms with Gasteiger partial charge in [-0.05, 0) is 30.0 Å². The van der Waals surface area contributed by atoms with E-state index in [9.17, 15) is 29.3 Å². The summed E-state index contributed by atoms with van der Waals surface area (Å²) in [5.41, 5.74) is -0.263. The molecule has 0 aromatic heterocycles. The number of hydrogen-bond acceptors (Lipinski definition) is 8. The van der Waals surface area contributed by atoms with E-state index in [1.807, 2.05) is 0 Å². The summed E-state index contributed by atoms with van der Waals surface area (Å²) in [6.07, 6.45) is 2.79. The first-order chi connectivity index (χ1) is 16.1. The average molecular weight is 502 g/mol. The Labute approximate surface area is 204 Å². The van der Waals surface area contributed by atoms with Crippen LogP contribution in [0.2, 0.25) is 0 Å². The number of nitro benzene ring substituents is 1. The van der Waals surface area contributed by atoms with E-state index in [1.54, 1.807) is 0 Å². The van der Waals surface area contributed by atoms with Gasteiger partial charge < -0.3 is 10.6 Å². The Morgan fingerprint density at radius 3 is 1.85 bits per heavy atom. The summed E-state index contributed by atoms with van der Waals surface area (Å²) in [6, 6.07) is 5.09. The van der Waals surface area contributed by atoms with Crippen LogP contribution in [0.4, 0.5) is 5.69 Å². The fraction of sp³-hybridized carbons (Fsp3) is 0.238. The Morgan fingerprint density at radius 2 is 1.44 bits per heavy atom. The van der Waals surface area contributed by atoms with Crippen LogP contribution in [-0.2, 0) is 19.2 Å². The lowest BCUT2D eigenvalue weighted by Gasteiger charge is -2.40. The van der Waals surface area contributed by atoms with Gasteiger partial charge >= 0.3 is 0 Å². The molecule has 2 aliphatic heterocycles. The third kappa shape index (κ3) is 4.47. The largest absolute Gasteiger partial charge is 0.302 e. The lowest BCUT2D eigenvalue weighted by Crippen LogP contribution is -2.64. The van der Waals surface area contributed by atoms with Gasteiger partial charge in [0.1, 0.15) is 11.8 Å². The van der Waals surface area contributed by atoms with Gasteiger partial charge in [-0.2, -0.15) is 0 Å². The Balaban J connectivity index is 2.20. The van der Waals surface area contributed by atoms with Crippen molar-refractivity contribution in [3.05, 3.63) is 65.3 Å². The van der Waals surface area contributed by atoms with Gasteiger partial charge in [0.2, 0.25) is 23.6 Å². The number of carbonyl (C=O) groups is 4. The van der Waals surface area contributed by atoms with Crippen molar-refractivity contribution >= 4 is 64.0 Å². The predicted octanol–water partition coefficient (Wildman–Crippen LogP) is 0.769. The maximum Gasteiger partial charge on any atom is 0.269 e. The number of benzene rings is 1. The molecule has 2 aliphatic rings. The number of carbonyl (C=O) groups excluding carboxylic acids is 4. The van der Waals surface area contributed by atoms with Crippen LogP contribution in [-0.4, -0.2) is 61.7 Å². The fourth-order valence-electron chi connectivity index (χ4n) is 3.92. The van der Waals surface area contributed by atoms with E-state index in [0.717, 1.165) is 15.9 Å². The summed E-state index contributed by atoms with van der Waals surface area (Å²) in [7, 11) is 0. The zero-order valence-corrected chi connectivity index (χ0v) is 19.3. The zero-order valence-electron chi connectivity index (χ0n) is 17.6. The number of nitrogens with zero attached hydrogens (tertiary/aromatic N) is 3. The molecule has 0 bridgehead atoms. The highest BCUT2D eigenvalue weighted by Crippen LogP contribution is 2.39. The minimum absolute atomic E-state index is 0.0341. The van der Waals surface area contributed by atoms with Crippen molar-refractivity contribution in [2.75, 3.05) is 13.1 Å². The molecule has 2 fully saturated rings. The van der Waals surface area contributed by atoms with Crippen LogP contribution in [0.25, 0.3) is 0 Å². The third-order valence-corrected chi connectivity index (χ3v) is 6.03. The van der Waals surface area contributed by atoms with E-state index in [4.69, 9.17) is 24.4 Å². The van der Waals surface area contributed by atoms with E-state index < -0.39 is 46.3 Å². The van der Waals surface area contributed by atoms with E-state index in [-0.39, 0.29) is 34.6 Å². The second-order valence-electron chi connectivity index (χ2n) is 7.40. The summed E-state index contributed by atoms with van der Waals surface area (Å²) in [6.45, 7) is 7.06. The maximum absolute atomic E-state index is 13.4. The topological polar surface area (TPSA) is 142 Å². The summed E-state index contributed by atoms with van der Waals surface area (Å²) in [5.74, 6) is -7.79. The average Bonchev–Trinajstić information content (AvgIpc) is 2.78. The van der Waals surface area contributed by atoms with Gasteiger partial charge in [0.25, 0.3) is 5.69 Å². The van der Waals surface area contributed by atoms with Crippen molar-refractivity contribution in [3.63, 3.8) is 0 Å². The van der Waals surface area contributed by atoms with Crippen LogP contribution in [0.15, 0.2) is 49.6 Å². The van der Waals surface area contributed by atoms with Gasteiger partial charge in [-0.3, -0.25) is 39.1 Å². The summed E-state index contributed by atoms with van der Waals surface area (Å²) < 4.78 is 0. The van der Waals surface area contributed by atoms with E-state index in [2.05, 4.69) is 23.8 Å². The molecule has 13 heteroatoms. The molecular formula is C21H19N5O6S2. The minimum atomic E-state index is -1.59. The molecule has 0 spiro atoms. The number of hydrogen-bond donors (Lipinski definition) is 2. The number of non-ortho nitro benzene ring substituents is 1. The van der Waals surface area contributed by atoms with Crippen LogP contribution in [0, 0.1) is 22.0 Å². The Kier molecular flexibility index (Phi) is 7.27. The first-order valence-electron chi connectivity index (χ1n) is 9.90. The van der Waals surface area contributed by atoms with Crippen LogP contribution in [0.3, 0.4) is 0 Å². The van der Waals surface area contributed by atoms with Gasteiger partial charge in [-0.15, -0.1) is 13.2 Å². The Hall–Kier alpha value is -3.84. The van der Waals surface area contributed by atoms with Crippen LogP contribution in [0.5, 0.6) is 0 Å². The van der Waals surface area contributed by atoms with E-state index in [0.29, 0.717) is 0 Å². The Bertz CT molecular complexity index is 1090. The number of amides is 4. The van der Waals surface area contributed by atoms with Crippen molar-refractivity contribution in [2.24, 2.45) is 11.8 Å². The molecule has 1 aromatic rings. The molecule has 0 saturated carbocycles. The molecule has 0 aliphatic carbocycles. The molecular weight excluding hydrogens is 482 g/mol. The van der Waals surface area contributed by atoms with Crippen LogP contribution < -0.4 is 10.6 Å². The number of nitro groups is 1. The molecule has 0 radical (unpaired) electrons. The monoisotopic (exact) mass is 501 g/mol. The van der Waals surface area contributed by atoms with Crippen LogP contribution >= 0.6 is 24.4 Å². The lowest BCUT2D eigenvalue weighted by atomic mass is 9.73. The van der Waals surface area contributed by atoms with E-state index >= 15 is 0 Å². The molecule has 0 unspecified atom stereocenters. The minimum Gasteiger partial charge on any atom is -0.302 e. The van der Waals surface area contributed by atoms with E-state index in [1.165, 1.54) is 30.4 Å². The number of thiocarbonyl (C=S) groups is 2. The standard InChI is InChI=1S/C21H19N5O6S2/c1-3-8-24-18(29)14(16(27)22-20(24)33)13(11-6-5-7-12(10-11)26(31)32)15-17(28)23-21(34)25(9-4-2)19(15)30/h3-7,10,13-15H,1-2,8-9H2,(H,22,27,33)(H,23,28,34)/t14-,15-/m0/s1. The maximum atomic E-state index is 13.4. The summed E-state index contributed by atoms with van der Waals surface area (Å²) in [4.78, 5) is 65.7. The molecule has 2 saturated heterocycles. The number of nitrogens with one attached hydrogen (secondary N) is 2. The first-order valence-corrected chi connectivity index (χ1v) is 10.7. The molecule has 2 N–H and O–H groups in total. The van der Waals surface area contributed by atoms with Crippen molar-refractivity contribution < 1.29 is 24.1 Å². The van der Waals surface area contributed by atoms with Crippen molar-refractivity contribution in [1.82, 2.24) is 20.4 Å². The molecule has 2 heterocycles. The van der Waals surface area contributed by atoms with Gasteiger partial charge in [-0.25, -0.2) is 0 Å². The molecule has 1 aromatic carbocycles. The van der Waals surface area contributed by atoms with Crippen molar-refractivity contribution in [3.8, 4) is 0 Å². The molecule has 34 heavy (non-hydrogen) atoms. The second kappa shape index (κ2) is 9.97. The van der Waals surface area contributed by atoms with Crippen molar-refractivity contribution in [1.29, 1.82) is 0 Å². The molecule has 4 amide bonds. The molecule has 176 valence electrons. The second-order valence-corrected chi connectivity index (χ2v) is 8.17. The highest BCUT2D eigenvalue weighted by molar-refractivity contribution is 7.80. The predicted molar refractivity (Wildman–Crippen MR) is 128 cm³/mol. The summed E-state index contributed by atoms with van der Waals surface area (Å²) >= 11 is 10.2. The van der Waals surface area contributed by atoms with Gasteiger partial charge in [0, 0.05) is 31.1 Å².